The number of rotatable bonds is 4. The van der Waals surface area contributed by atoms with Gasteiger partial charge in [-0.25, -0.2) is 0 Å². The van der Waals surface area contributed by atoms with Crippen molar-refractivity contribution in [3.63, 3.8) is 0 Å². The molecule has 1 rings (SSSR count). The number of benzene rings is 1. The fraction of sp³-hybridized carbons (Fsp3) is 0.364. The van der Waals surface area contributed by atoms with Gasteiger partial charge in [-0.1, -0.05) is 0 Å². The molecule has 0 fully saturated rings. The number of aliphatic carboxylic acids is 1. The fourth-order valence-corrected chi connectivity index (χ4v) is 1.23. The Balaban J connectivity index is 2.73. The van der Waals surface area contributed by atoms with Gasteiger partial charge in [0.2, 0.25) is 0 Å². The lowest BCUT2D eigenvalue weighted by molar-refractivity contribution is -0.198. The van der Waals surface area contributed by atoms with Gasteiger partial charge in [0.05, 0.1) is 5.56 Å². The van der Waals surface area contributed by atoms with E-state index in [1.165, 1.54) is 0 Å². The highest BCUT2D eigenvalue weighted by atomic mass is 19.4. The van der Waals surface area contributed by atoms with Crippen molar-refractivity contribution < 1.29 is 41.0 Å². The largest absolute Gasteiger partial charge is 0.492 e. The molecule has 1 aromatic carbocycles. The van der Waals surface area contributed by atoms with Crippen LogP contribution in [0.4, 0.5) is 26.3 Å². The van der Waals surface area contributed by atoms with Gasteiger partial charge in [0.25, 0.3) is 0 Å². The van der Waals surface area contributed by atoms with E-state index in [0.29, 0.717) is 12.1 Å². The average Bonchev–Trinajstić information content (AvgIpc) is 2.26. The van der Waals surface area contributed by atoms with Crippen molar-refractivity contribution in [1.82, 2.24) is 0 Å². The molecule has 0 radical (unpaired) electrons. The molecule has 0 bridgehead atoms. The Morgan fingerprint density at radius 1 is 1.10 bits per heavy atom. The zero-order valence-corrected chi connectivity index (χ0v) is 9.63. The lowest BCUT2D eigenvalue weighted by Crippen LogP contribution is -2.35. The van der Waals surface area contributed by atoms with Crippen LogP contribution in [0.15, 0.2) is 24.3 Å². The Hall–Kier alpha value is -1.93. The van der Waals surface area contributed by atoms with Gasteiger partial charge in [-0.3, -0.25) is 4.79 Å². The van der Waals surface area contributed by atoms with Crippen LogP contribution < -0.4 is 4.74 Å². The van der Waals surface area contributed by atoms with Crippen molar-refractivity contribution in [3.8, 4) is 5.75 Å². The second-order valence-electron chi connectivity index (χ2n) is 3.77. The Kier molecular flexibility index (Phi) is 4.51. The quantitative estimate of drug-likeness (QED) is 0.868. The van der Waals surface area contributed by atoms with Gasteiger partial charge >= 0.3 is 18.3 Å². The molecule has 3 nitrogen and oxygen atoms in total. The third kappa shape index (κ3) is 4.32. The molecule has 1 unspecified atom stereocenters. The van der Waals surface area contributed by atoms with E-state index < -0.39 is 36.4 Å². The molecule has 0 saturated carbocycles. The van der Waals surface area contributed by atoms with E-state index in [4.69, 9.17) is 5.11 Å². The van der Waals surface area contributed by atoms with E-state index >= 15 is 0 Å². The first-order valence-corrected chi connectivity index (χ1v) is 5.11. The fourth-order valence-electron chi connectivity index (χ4n) is 1.23. The van der Waals surface area contributed by atoms with Crippen LogP contribution in [-0.4, -0.2) is 23.9 Å². The number of hydrogen-bond donors (Lipinski definition) is 1. The number of halogens is 6. The van der Waals surface area contributed by atoms with Crippen LogP contribution in [0.3, 0.4) is 0 Å². The van der Waals surface area contributed by atoms with Gasteiger partial charge < -0.3 is 9.84 Å². The van der Waals surface area contributed by atoms with Crippen LogP contribution >= 0.6 is 0 Å². The van der Waals surface area contributed by atoms with Crippen LogP contribution in [-0.2, 0) is 11.0 Å². The topological polar surface area (TPSA) is 46.5 Å². The molecule has 20 heavy (non-hydrogen) atoms. The molecule has 1 aromatic rings. The molecule has 9 heteroatoms. The summed E-state index contributed by atoms with van der Waals surface area (Å²) in [7, 11) is 0. The number of carbonyl (C=O) groups is 1. The highest BCUT2D eigenvalue weighted by Gasteiger charge is 2.45. The minimum Gasteiger partial charge on any atom is -0.492 e. The molecule has 0 aliphatic heterocycles. The highest BCUT2D eigenvalue weighted by Crippen LogP contribution is 2.31. The van der Waals surface area contributed by atoms with Gasteiger partial charge in [-0.15, -0.1) is 0 Å². The summed E-state index contributed by atoms with van der Waals surface area (Å²) in [6.45, 7) is -1.22. The molecule has 0 spiro atoms. The SMILES string of the molecule is O=C(O)C(COc1ccc(C(F)(F)F)cc1)C(F)(F)F. The van der Waals surface area contributed by atoms with Crippen LogP contribution in [0.1, 0.15) is 5.56 Å². The second-order valence-corrected chi connectivity index (χ2v) is 3.77. The summed E-state index contributed by atoms with van der Waals surface area (Å²) >= 11 is 0. The maximum Gasteiger partial charge on any atom is 0.416 e. The van der Waals surface area contributed by atoms with Gasteiger partial charge in [0, 0.05) is 0 Å². The van der Waals surface area contributed by atoms with Crippen LogP contribution in [0.25, 0.3) is 0 Å². The molecule has 1 atom stereocenters. The number of alkyl halides is 6. The van der Waals surface area contributed by atoms with Crippen molar-refractivity contribution >= 4 is 5.97 Å². The van der Waals surface area contributed by atoms with E-state index in [9.17, 15) is 31.1 Å². The minimum absolute atomic E-state index is 0.284. The smallest absolute Gasteiger partial charge is 0.416 e. The molecule has 0 aromatic heterocycles. The summed E-state index contributed by atoms with van der Waals surface area (Å²) in [5.41, 5.74) is -0.990. The van der Waals surface area contributed by atoms with Gasteiger partial charge in [0.1, 0.15) is 12.4 Å². The molecule has 1 N–H and O–H groups in total. The Morgan fingerprint density at radius 3 is 1.95 bits per heavy atom. The average molecular weight is 302 g/mol. The van der Waals surface area contributed by atoms with Crippen molar-refractivity contribution in [2.24, 2.45) is 5.92 Å². The molecule has 112 valence electrons. The van der Waals surface area contributed by atoms with Crippen LogP contribution in [0.5, 0.6) is 5.75 Å². The van der Waals surface area contributed by atoms with Crippen LogP contribution in [0.2, 0.25) is 0 Å². The van der Waals surface area contributed by atoms with Gasteiger partial charge in [-0.2, -0.15) is 26.3 Å². The summed E-state index contributed by atoms with van der Waals surface area (Å²) in [6, 6.07) is 2.88. The lowest BCUT2D eigenvalue weighted by Gasteiger charge is -2.16. The molecule has 0 aliphatic rings. The Bertz CT molecular complexity index is 463. The predicted molar refractivity (Wildman–Crippen MR) is 54.1 cm³/mol. The van der Waals surface area contributed by atoms with Crippen molar-refractivity contribution in [1.29, 1.82) is 0 Å². The lowest BCUT2D eigenvalue weighted by atomic mass is 10.1. The van der Waals surface area contributed by atoms with Gasteiger partial charge in [-0.05, 0) is 24.3 Å². The molecule has 0 amide bonds. The zero-order valence-electron chi connectivity index (χ0n) is 9.63. The third-order valence-corrected chi connectivity index (χ3v) is 2.29. The van der Waals surface area contributed by atoms with E-state index in [-0.39, 0.29) is 5.75 Å². The molecular formula is C11H8F6O3. The first-order chi connectivity index (χ1) is 9.01. The first-order valence-electron chi connectivity index (χ1n) is 5.11. The monoisotopic (exact) mass is 302 g/mol. The first kappa shape index (κ1) is 16.1. The second kappa shape index (κ2) is 5.59. The Morgan fingerprint density at radius 2 is 1.60 bits per heavy atom. The zero-order chi connectivity index (χ0) is 15.6. The number of carboxylic acid groups (broad SMARTS) is 1. The van der Waals surface area contributed by atoms with Crippen molar-refractivity contribution in [2.75, 3.05) is 6.61 Å². The normalized spacial score (nSPS) is 13.9. The summed E-state index contributed by atoms with van der Waals surface area (Å²) in [4.78, 5) is 10.4. The summed E-state index contributed by atoms with van der Waals surface area (Å²) in [6.07, 6.45) is -9.58. The van der Waals surface area contributed by atoms with E-state index in [1.54, 1.807) is 0 Å². The highest BCUT2D eigenvalue weighted by molar-refractivity contribution is 5.71. The molecule has 0 saturated heterocycles. The van der Waals surface area contributed by atoms with Gasteiger partial charge in [0.15, 0.2) is 5.92 Å². The Labute approximate surface area is 108 Å². The van der Waals surface area contributed by atoms with Crippen molar-refractivity contribution in [2.45, 2.75) is 12.4 Å². The van der Waals surface area contributed by atoms with E-state index in [0.717, 1.165) is 12.1 Å². The summed E-state index contributed by atoms with van der Waals surface area (Å²) in [5, 5.41) is 8.39. The van der Waals surface area contributed by atoms with Crippen molar-refractivity contribution in [3.05, 3.63) is 29.8 Å². The maximum absolute atomic E-state index is 12.3. The van der Waals surface area contributed by atoms with Crippen LogP contribution in [0, 0.1) is 5.92 Å². The molecule has 0 aliphatic carbocycles. The molecular weight excluding hydrogens is 294 g/mol. The maximum atomic E-state index is 12.3. The third-order valence-electron chi connectivity index (χ3n) is 2.29. The standard InChI is InChI=1S/C11H8F6O3/c12-10(13,14)6-1-3-7(4-2-6)20-5-8(9(18)19)11(15,16)17/h1-4,8H,5H2,(H,18,19). The number of ether oxygens (including phenoxy) is 1. The molecule has 0 heterocycles. The van der Waals surface area contributed by atoms with E-state index in [2.05, 4.69) is 4.74 Å². The minimum atomic E-state index is -5.00. The number of hydrogen-bond acceptors (Lipinski definition) is 2. The predicted octanol–water partition coefficient (Wildman–Crippen LogP) is 3.35. The summed E-state index contributed by atoms with van der Waals surface area (Å²) in [5.74, 6) is -5.15. The summed E-state index contributed by atoms with van der Waals surface area (Å²) < 4.78 is 78.1. The van der Waals surface area contributed by atoms with E-state index in [1.807, 2.05) is 0 Å². The number of carboxylic acids is 1.